The van der Waals surface area contributed by atoms with Gasteiger partial charge in [0.05, 0.1) is 0 Å². The van der Waals surface area contributed by atoms with Crippen LogP contribution >= 0.6 is 11.6 Å². The van der Waals surface area contributed by atoms with E-state index in [1.807, 2.05) is 0 Å². The molecule has 0 radical (unpaired) electrons. The van der Waals surface area contributed by atoms with Gasteiger partial charge < -0.3 is 9.84 Å². The van der Waals surface area contributed by atoms with Gasteiger partial charge in [0.15, 0.2) is 0 Å². The first-order chi connectivity index (χ1) is 9.31. The number of rotatable bonds is 6. The van der Waals surface area contributed by atoms with Crippen molar-refractivity contribution in [3.63, 3.8) is 0 Å². The molecule has 0 spiro atoms. The van der Waals surface area contributed by atoms with Crippen LogP contribution in [0.4, 0.5) is 13.2 Å². The number of ether oxygens (including phenoxy) is 1. The molecule has 1 aromatic carbocycles. The molecule has 7 heteroatoms. The number of hydrogen-bond acceptors (Lipinski definition) is 2. The molecule has 0 aliphatic rings. The maximum Gasteiger partial charge on any atom is 0.573 e. The maximum absolute atomic E-state index is 12.2. The van der Waals surface area contributed by atoms with Gasteiger partial charge in [-0.05, 0) is 36.6 Å². The van der Waals surface area contributed by atoms with E-state index in [2.05, 4.69) is 4.74 Å². The van der Waals surface area contributed by atoms with Crippen molar-refractivity contribution in [3.8, 4) is 5.75 Å². The Kier molecular flexibility index (Phi) is 5.88. The summed E-state index contributed by atoms with van der Waals surface area (Å²) in [4.78, 5) is 10.5. The topological polar surface area (TPSA) is 46.5 Å². The average Bonchev–Trinajstić information content (AvgIpc) is 2.34. The molecule has 20 heavy (non-hydrogen) atoms. The van der Waals surface area contributed by atoms with E-state index < -0.39 is 18.1 Å². The Labute approximate surface area is 118 Å². The standard InChI is InChI=1S/C13H12ClF3O3/c14-7-1-2-9-3-5-11(20-13(15,16)17)10(8-9)4-6-12(18)19/h3-6,8H,1-2,7H2,(H,18,19)/b6-4+. The van der Waals surface area contributed by atoms with E-state index in [-0.39, 0.29) is 5.56 Å². The zero-order valence-corrected chi connectivity index (χ0v) is 11.0. The van der Waals surface area contributed by atoms with E-state index in [0.717, 1.165) is 17.7 Å². The van der Waals surface area contributed by atoms with Gasteiger partial charge in [0.2, 0.25) is 0 Å². The monoisotopic (exact) mass is 308 g/mol. The smallest absolute Gasteiger partial charge is 0.478 e. The van der Waals surface area contributed by atoms with Gasteiger partial charge in [0.1, 0.15) is 5.75 Å². The number of alkyl halides is 4. The highest BCUT2D eigenvalue weighted by molar-refractivity contribution is 6.17. The predicted molar refractivity (Wildman–Crippen MR) is 68.8 cm³/mol. The normalized spacial score (nSPS) is 11.8. The van der Waals surface area contributed by atoms with Gasteiger partial charge in [-0.25, -0.2) is 4.79 Å². The molecular weight excluding hydrogens is 297 g/mol. The fourth-order valence-corrected chi connectivity index (χ4v) is 1.67. The van der Waals surface area contributed by atoms with E-state index in [9.17, 15) is 18.0 Å². The Bertz CT molecular complexity index is 498. The number of carboxylic acids is 1. The molecule has 1 rings (SSSR count). The molecule has 110 valence electrons. The van der Waals surface area contributed by atoms with Crippen LogP contribution in [0.25, 0.3) is 6.08 Å². The second-order valence-electron chi connectivity index (χ2n) is 3.88. The lowest BCUT2D eigenvalue weighted by Gasteiger charge is -2.12. The van der Waals surface area contributed by atoms with Gasteiger partial charge in [0.25, 0.3) is 0 Å². The zero-order chi connectivity index (χ0) is 15.2. The number of carbonyl (C=O) groups is 1. The SMILES string of the molecule is O=C(O)/C=C/c1cc(CCCCl)ccc1OC(F)(F)F. The molecule has 1 N–H and O–H groups in total. The predicted octanol–water partition coefficient (Wildman–Crippen LogP) is 3.85. The molecule has 0 aliphatic carbocycles. The molecule has 0 heterocycles. The lowest BCUT2D eigenvalue weighted by molar-refractivity contribution is -0.274. The Morgan fingerprint density at radius 3 is 2.65 bits per heavy atom. The van der Waals surface area contributed by atoms with Crippen LogP contribution in [-0.2, 0) is 11.2 Å². The first-order valence-electron chi connectivity index (χ1n) is 5.67. The largest absolute Gasteiger partial charge is 0.573 e. The van der Waals surface area contributed by atoms with Crippen LogP contribution in [0.15, 0.2) is 24.3 Å². The molecule has 0 unspecified atom stereocenters. The molecule has 3 nitrogen and oxygen atoms in total. The van der Waals surface area contributed by atoms with Crippen molar-refractivity contribution < 1.29 is 27.8 Å². The van der Waals surface area contributed by atoms with Crippen molar-refractivity contribution in [3.05, 3.63) is 35.4 Å². The Hall–Kier alpha value is -1.69. The van der Waals surface area contributed by atoms with Gasteiger partial charge in [-0.15, -0.1) is 24.8 Å². The molecule has 0 aliphatic heterocycles. The lowest BCUT2D eigenvalue weighted by atomic mass is 10.1. The maximum atomic E-state index is 12.2. The zero-order valence-electron chi connectivity index (χ0n) is 10.3. The van der Waals surface area contributed by atoms with Crippen molar-refractivity contribution in [2.24, 2.45) is 0 Å². The molecule has 0 saturated heterocycles. The van der Waals surface area contributed by atoms with Crippen LogP contribution in [0.1, 0.15) is 17.5 Å². The summed E-state index contributed by atoms with van der Waals surface area (Å²) < 4.78 is 40.6. The second kappa shape index (κ2) is 7.19. The van der Waals surface area contributed by atoms with Gasteiger partial charge in [0, 0.05) is 17.5 Å². The highest BCUT2D eigenvalue weighted by atomic mass is 35.5. The van der Waals surface area contributed by atoms with Crippen LogP contribution < -0.4 is 4.74 Å². The Morgan fingerprint density at radius 1 is 1.40 bits per heavy atom. The molecule has 0 saturated carbocycles. The van der Waals surface area contributed by atoms with Crippen LogP contribution in [0.3, 0.4) is 0 Å². The summed E-state index contributed by atoms with van der Waals surface area (Å²) in [5.41, 5.74) is 0.807. The van der Waals surface area contributed by atoms with Crippen molar-refractivity contribution in [1.82, 2.24) is 0 Å². The molecule has 0 bridgehead atoms. The first kappa shape index (κ1) is 16.4. The average molecular weight is 309 g/mol. The molecule has 0 amide bonds. The van der Waals surface area contributed by atoms with Crippen molar-refractivity contribution in [2.45, 2.75) is 19.2 Å². The Balaban J connectivity index is 3.06. The molecule has 0 atom stereocenters. The molecule has 0 aromatic heterocycles. The van der Waals surface area contributed by atoms with Crippen molar-refractivity contribution >= 4 is 23.6 Å². The van der Waals surface area contributed by atoms with Crippen molar-refractivity contribution in [1.29, 1.82) is 0 Å². The fourth-order valence-electron chi connectivity index (χ4n) is 1.53. The van der Waals surface area contributed by atoms with Gasteiger partial charge in [-0.3, -0.25) is 0 Å². The molecule has 0 fully saturated rings. The summed E-state index contributed by atoms with van der Waals surface area (Å²) in [7, 11) is 0. The van der Waals surface area contributed by atoms with E-state index in [4.69, 9.17) is 16.7 Å². The number of hydrogen-bond donors (Lipinski definition) is 1. The van der Waals surface area contributed by atoms with Crippen LogP contribution in [-0.4, -0.2) is 23.3 Å². The van der Waals surface area contributed by atoms with Gasteiger partial charge >= 0.3 is 12.3 Å². The quantitative estimate of drug-likeness (QED) is 0.641. The first-order valence-corrected chi connectivity index (χ1v) is 6.21. The number of halogens is 4. The number of aliphatic carboxylic acids is 1. The second-order valence-corrected chi connectivity index (χ2v) is 4.26. The summed E-state index contributed by atoms with van der Waals surface area (Å²) in [5.74, 6) is -1.26. The van der Waals surface area contributed by atoms with Gasteiger partial charge in [-0.2, -0.15) is 0 Å². The van der Waals surface area contributed by atoms with E-state index in [1.54, 1.807) is 0 Å². The number of benzene rings is 1. The fraction of sp³-hybridized carbons (Fsp3) is 0.308. The van der Waals surface area contributed by atoms with Gasteiger partial charge in [-0.1, -0.05) is 6.07 Å². The minimum absolute atomic E-state index is 0.0526. The number of carboxylic acid groups (broad SMARTS) is 1. The van der Waals surface area contributed by atoms with Crippen LogP contribution in [0.5, 0.6) is 5.75 Å². The summed E-state index contributed by atoms with van der Waals surface area (Å²) >= 11 is 5.55. The van der Waals surface area contributed by atoms with Crippen LogP contribution in [0, 0.1) is 0 Å². The summed E-state index contributed by atoms with van der Waals surface area (Å²) in [6.45, 7) is 0. The summed E-state index contributed by atoms with van der Waals surface area (Å²) in [5, 5.41) is 8.54. The summed E-state index contributed by atoms with van der Waals surface area (Å²) in [6, 6.07) is 4.11. The molecule has 1 aromatic rings. The van der Waals surface area contributed by atoms with E-state index in [1.165, 1.54) is 18.2 Å². The van der Waals surface area contributed by atoms with E-state index in [0.29, 0.717) is 18.7 Å². The minimum Gasteiger partial charge on any atom is -0.478 e. The third kappa shape index (κ3) is 5.97. The van der Waals surface area contributed by atoms with Crippen LogP contribution in [0.2, 0.25) is 0 Å². The highest BCUT2D eigenvalue weighted by Gasteiger charge is 2.31. The third-order valence-corrected chi connectivity index (χ3v) is 2.57. The molecular formula is C13H12ClF3O3. The van der Waals surface area contributed by atoms with E-state index >= 15 is 0 Å². The lowest BCUT2D eigenvalue weighted by Crippen LogP contribution is -2.17. The number of aryl methyl sites for hydroxylation is 1. The highest BCUT2D eigenvalue weighted by Crippen LogP contribution is 2.28. The summed E-state index contributed by atoms with van der Waals surface area (Å²) in [6.07, 6.45) is -1.76. The Morgan fingerprint density at radius 2 is 2.10 bits per heavy atom. The minimum atomic E-state index is -4.83. The van der Waals surface area contributed by atoms with Crippen molar-refractivity contribution in [2.75, 3.05) is 5.88 Å². The third-order valence-electron chi connectivity index (χ3n) is 2.30.